The van der Waals surface area contributed by atoms with E-state index in [1.807, 2.05) is 0 Å². The fourth-order valence-corrected chi connectivity index (χ4v) is 2.80. The number of ether oxygens (including phenoxy) is 1. The van der Waals surface area contributed by atoms with E-state index in [-0.39, 0.29) is 12.2 Å². The van der Waals surface area contributed by atoms with Crippen LogP contribution in [0.1, 0.15) is 29.4 Å². The number of pyridine rings is 1. The van der Waals surface area contributed by atoms with Crippen LogP contribution in [0, 0.1) is 4.91 Å². The molecule has 10 heteroatoms. The topological polar surface area (TPSA) is 144 Å². The Hall–Kier alpha value is -1.98. The zero-order valence-corrected chi connectivity index (χ0v) is 14.4. The standard InChI is InChI=1S/C16H24N3O7/c1-18(17-25)6-3-5-11(21)10-4-2-7-19(8-10)16-15(24)14(23)13(22)12(9-20)26-16/h2,4,7-8,12-16,20,22-24H,3,5-6,9H2,1H3/q+1. The lowest BCUT2D eigenvalue weighted by Gasteiger charge is -2.36. The maximum absolute atomic E-state index is 12.3. The van der Waals surface area contributed by atoms with Gasteiger partial charge in [0.05, 0.1) is 17.5 Å². The normalized spacial score (nSPS) is 28.6. The number of aliphatic hydroxyl groups is 4. The molecule has 10 nitrogen and oxygen atoms in total. The van der Waals surface area contributed by atoms with Gasteiger partial charge in [0.1, 0.15) is 18.3 Å². The molecular weight excluding hydrogens is 346 g/mol. The molecule has 5 unspecified atom stereocenters. The molecule has 1 aromatic rings. The molecule has 2 heterocycles. The van der Waals surface area contributed by atoms with Gasteiger partial charge < -0.3 is 25.2 Å². The predicted molar refractivity (Wildman–Crippen MR) is 87.6 cm³/mol. The zero-order valence-electron chi connectivity index (χ0n) is 14.4. The van der Waals surface area contributed by atoms with Crippen molar-refractivity contribution in [2.24, 2.45) is 5.29 Å². The molecule has 2 rings (SSSR count). The second kappa shape index (κ2) is 9.10. The molecule has 0 aliphatic carbocycles. The molecule has 0 spiro atoms. The number of hydrogen-bond donors (Lipinski definition) is 4. The van der Waals surface area contributed by atoms with Crippen molar-refractivity contribution >= 4 is 5.78 Å². The summed E-state index contributed by atoms with van der Waals surface area (Å²) in [6.45, 7) is -0.173. The summed E-state index contributed by atoms with van der Waals surface area (Å²) < 4.78 is 6.88. The van der Waals surface area contributed by atoms with Crippen molar-refractivity contribution in [3.8, 4) is 0 Å². The van der Waals surface area contributed by atoms with Crippen LogP contribution in [0.4, 0.5) is 0 Å². The number of ketones is 1. The summed E-state index contributed by atoms with van der Waals surface area (Å²) in [5.41, 5.74) is 0.367. The Labute approximate surface area is 150 Å². The highest BCUT2D eigenvalue weighted by Gasteiger charge is 2.48. The number of hydrogen-bond acceptors (Lipinski definition) is 8. The molecule has 0 bridgehead atoms. The minimum Gasteiger partial charge on any atom is -0.394 e. The van der Waals surface area contributed by atoms with Crippen LogP contribution in [-0.4, -0.2) is 75.8 Å². The Morgan fingerprint density at radius 2 is 2.04 bits per heavy atom. The number of aliphatic hydroxyl groups excluding tert-OH is 4. The Morgan fingerprint density at radius 3 is 2.69 bits per heavy atom. The van der Waals surface area contributed by atoms with E-state index in [0.29, 0.717) is 18.5 Å². The van der Waals surface area contributed by atoms with Gasteiger partial charge in [0.25, 0.3) is 6.23 Å². The highest BCUT2D eigenvalue weighted by Crippen LogP contribution is 2.24. The first-order chi connectivity index (χ1) is 12.4. The van der Waals surface area contributed by atoms with Crippen molar-refractivity contribution in [3.05, 3.63) is 35.0 Å². The number of rotatable bonds is 8. The predicted octanol–water partition coefficient (Wildman–Crippen LogP) is -1.48. The van der Waals surface area contributed by atoms with Crippen molar-refractivity contribution in [2.75, 3.05) is 20.2 Å². The van der Waals surface area contributed by atoms with E-state index in [1.165, 1.54) is 22.8 Å². The first kappa shape index (κ1) is 20.3. The lowest BCUT2D eigenvalue weighted by Crippen LogP contribution is -2.62. The van der Waals surface area contributed by atoms with Gasteiger partial charge in [-0.25, -0.2) is 0 Å². The first-order valence-corrected chi connectivity index (χ1v) is 8.28. The van der Waals surface area contributed by atoms with Gasteiger partial charge in [-0.15, -0.1) is 4.91 Å². The van der Waals surface area contributed by atoms with Crippen molar-refractivity contribution in [1.29, 1.82) is 0 Å². The average Bonchev–Trinajstić information content (AvgIpc) is 2.66. The van der Waals surface area contributed by atoms with Gasteiger partial charge >= 0.3 is 0 Å². The molecular formula is C16H24N3O7+. The van der Waals surface area contributed by atoms with Crippen LogP contribution in [0.3, 0.4) is 0 Å². The molecule has 1 aromatic heterocycles. The van der Waals surface area contributed by atoms with E-state index in [0.717, 1.165) is 0 Å². The second-order valence-corrected chi connectivity index (χ2v) is 6.25. The van der Waals surface area contributed by atoms with Gasteiger partial charge in [-0.2, -0.15) is 4.57 Å². The zero-order chi connectivity index (χ0) is 19.3. The number of Topliss-reactive ketones (excluding diaryl/α,β-unsaturated/α-hetero) is 1. The van der Waals surface area contributed by atoms with Crippen LogP contribution in [0.15, 0.2) is 29.8 Å². The average molecular weight is 370 g/mol. The highest BCUT2D eigenvalue weighted by atomic mass is 16.6. The molecule has 144 valence electrons. The van der Waals surface area contributed by atoms with Gasteiger partial charge in [-0.3, -0.25) is 9.80 Å². The molecule has 1 aliphatic rings. The fourth-order valence-electron chi connectivity index (χ4n) is 2.80. The Bertz CT molecular complexity index is 628. The quantitative estimate of drug-likeness (QED) is 0.188. The second-order valence-electron chi connectivity index (χ2n) is 6.25. The van der Waals surface area contributed by atoms with Gasteiger partial charge in [0.2, 0.25) is 0 Å². The van der Waals surface area contributed by atoms with E-state index in [2.05, 4.69) is 5.29 Å². The summed E-state index contributed by atoms with van der Waals surface area (Å²) in [5.74, 6) is -0.164. The summed E-state index contributed by atoms with van der Waals surface area (Å²) in [6.07, 6.45) is -2.79. The number of carbonyl (C=O) groups is 1. The largest absolute Gasteiger partial charge is 0.394 e. The molecule has 1 fully saturated rings. The van der Waals surface area contributed by atoms with Crippen molar-refractivity contribution < 1.29 is 34.5 Å². The smallest absolute Gasteiger partial charge is 0.292 e. The number of nitroso groups, excluding NO2 is 1. The third kappa shape index (κ3) is 4.59. The molecule has 4 N–H and O–H groups in total. The minimum atomic E-state index is -1.50. The molecule has 0 aromatic carbocycles. The molecule has 1 saturated heterocycles. The van der Waals surface area contributed by atoms with E-state index in [1.54, 1.807) is 18.3 Å². The summed E-state index contributed by atoms with van der Waals surface area (Å²) >= 11 is 0. The van der Waals surface area contributed by atoms with Crippen LogP contribution in [0.25, 0.3) is 0 Å². The minimum absolute atomic E-state index is 0.164. The van der Waals surface area contributed by atoms with E-state index in [4.69, 9.17) is 4.74 Å². The van der Waals surface area contributed by atoms with Crippen LogP contribution >= 0.6 is 0 Å². The molecule has 0 amide bonds. The molecule has 1 aliphatic heterocycles. The van der Waals surface area contributed by atoms with Gasteiger partial charge in [0, 0.05) is 26.1 Å². The molecule has 26 heavy (non-hydrogen) atoms. The molecule has 0 radical (unpaired) electrons. The number of carbonyl (C=O) groups excluding carboxylic acids is 1. The monoisotopic (exact) mass is 370 g/mol. The Balaban J connectivity index is 2.10. The van der Waals surface area contributed by atoms with Crippen molar-refractivity contribution in [2.45, 2.75) is 43.5 Å². The number of aromatic nitrogens is 1. The first-order valence-electron chi connectivity index (χ1n) is 8.28. The van der Waals surface area contributed by atoms with Crippen LogP contribution in [0.2, 0.25) is 0 Å². The Morgan fingerprint density at radius 1 is 1.31 bits per heavy atom. The maximum Gasteiger partial charge on any atom is 0.292 e. The third-order valence-electron chi connectivity index (χ3n) is 4.33. The van der Waals surface area contributed by atoms with Gasteiger partial charge in [-0.1, -0.05) is 0 Å². The van der Waals surface area contributed by atoms with Crippen LogP contribution in [-0.2, 0) is 4.74 Å². The summed E-state index contributed by atoms with van der Waals surface area (Å²) in [7, 11) is 1.52. The molecule has 0 saturated carbocycles. The van der Waals surface area contributed by atoms with Gasteiger partial charge in [-0.05, 0) is 12.5 Å². The third-order valence-corrected chi connectivity index (χ3v) is 4.33. The lowest BCUT2D eigenvalue weighted by molar-refractivity contribution is -0.778. The SMILES string of the molecule is CN(CCCC(=O)c1ccc[n+](C2OC(CO)C(O)C(O)C2O)c1)N=O. The maximum atomic E-state index is 12.3. The van der Waals surface area contributed by atoms with Gasteiger partial charge in [0.15, 0.2) is 24.3 Å². The summed E-state index contributed by atoms with van der Waals surface area (Å²) in [6, 6.07) is 3.19. The fraction of sp³-hybridized carbons (Fsp3) is 0.625. The Kier molecular flexibility index (Phi) is 7.12. The van der Waals surface area contributed by atoms with Crippen LogP contribution < -0.4 is 4.57 Å². The number of nitrogens with zero attached hydrogens (tertiary/aromatic N) is 3. The van der Waals surface area contributed by atoms with Crippen molar-refractivity contribution in [1.82, 2.24) is 5.01 Å². The van der Waals surface area contributed by atoms with Crippen molar-refractivity contribution in [3.63, 3.8) is 0 Å². The van der Waals surface area contributed by atoms with E-state index >= 15 is 0 Å². The summed E-state index contributed by atoms with van der Waals surface area (Å²) in [5, 5.41) is 43.1. The highest BCUT2D eigenvalue weighted by molar-refractivity contribution is 5.95. The van der Waals surface area contributed by atoms with E-state index in [9.17, 15) is 30.1 Å². The molecule has 5 atom stereocenters. The van der Waals surface area contributed by atoms with E-state index < -0.39 is 37.3 Å². The lowest BCUT2D eigenvalue weighted by atomic mass is 9.98. The summed E-state index contributed by atoms with van der Waals surface area (Å²) in [4.78, 5) is 22.6. The van der Waals surface area contributed by atoms with Crippen LogP contribution in [0.5, 0.6) is 0 Å².